The SMILES string of the molecule is CC(C)(C)Cc1ccnc(F)c1. The molecule has 0 bridgehead atoms. The van der Waals surface area contributed by atoms with Crippen LogP contribution in [0.5, 0.6) is 0 Å². The average molecular weight is 167 g/mol. The van der Waals surface area contributed by atoms with E-state index >= 15 is 0 Å². The first kappa shape index (κ1) is 9.17. The number of aromatic nitrogens is 1. The minimum Gasteiger partial charge on any atom is -0.228 e. The number of hydrogen-bond donors (Lipinski definition) is 0. The monoisotopic (exact) mass is 167 g/mol. The number of hydrogen-bond acceptors (Lipinski definition) is 1. The number of pyridine rings is 1. The molecule has 0 saturated heterocycles. The molecule has 1 aromatic rings. The number of nitrogens with zero attached hydrogens (tertiary/aromatic N) is 1. The van der Waals surface area contributed by atoms with Gasteiger partial charge in [-0.15, -0.1) is 0 Å². The van der Waals surface area contributed by atoms with E-state index in [2.05, 4.69) is 25.8 Å². The lowest BCUT2D eigenvalue weighted by Crippen LogP contribution is -2.09. The summed E-state index contributed by atoms with van der Waals surface area (Å²) < 4.78 is 12.6. The van der Waals surface area contributed by atoms with Gasteiger partial charge in [0.2, 0.25) is 5.95 Å². The fraction of sp³-hybridized carbons (Fsp3) is 0.500. The molecule has 0 radical (unpaired) electrons. The van der Waals surface area contributed by atoms with Crippen molar-refractivity contribution in [2.45, 2.75) is 27.2 Å². The van der Waals surface area contributed by atoms with E-state index in [1.165, 1.54) is 12.3 Å². The molecule has 0 aromatic carbocycles. The first-order valence-electron chi connectivity index (χ1n) is 4.08. The molecule has 0 spiro atoms. The van der Waals surface area contributed by atoms with Crippen LogP contribution in [0.25, 0.3) is 0 Å². The molecule has 0 saturated carbocycles. The summed E-state index contributed by atoms with van der Waals surface area (Å²) in [6, 6.07) is 3.35. The molecule has 0 N–H and O–H groups in total. The molecule has 1 heterocycles. The van der Waals surface area contributed by atoms with Gasteiger partial charge in [-0.25, -0.2) is 4.98 Å². The number of rotatable bonds is 1. The molecule has 0 aliphatic heterocycles. The highest BCUT2D eigenvalue weighted by atomic mass is 19.1. The van der Waals surface area contributed by atoms with Crippen molar-refractivity contribution in [1.29, 1.82) is 0 Å². The summed E-state index contributed by atoms with van der Waals surface area (Å²) in [7, 11) is 0. The van der Waals surface area contributed by atoms with Gasteiger partial charge in [0.15, 0.2) is 0 Å². The summed E-state index contributed by atoms with van der Waals surface area (Å²) >= 11 is 0. The van der Waals surface area contributed by atoms with Crippen LogP contribution in [-0.2, 0) is 6.42 Å². The lowest BCUT2D eigenvalue weighted by atomic mass is 9.89. The van der Waals surface area contributed by atoms with Crippen LogP contribution in [0.15, 0.2) is 18.3 Å². The Bertz CT molecular complexity index is 263. The molecule has 0 amide bonds. The number of halogens is 1. The molecule has 12 heavy (non-hydrogen) atoms. The molecule has 0 fully saturated rings. The maximum Gasteiger partial charge on any atom is 0.213 e. The van der Waals surface area contributed by atoms with E-state index in [0.29, 0.717) is 0 Å². The summed E-state index contributed by atoms with van der Waals surface area (Å²) in [6.07, 6.45) is 2.39. The largest absolute Gasteiger partial charge is 0.228 e. The molecule has 66 valence electrons. The quantitative estimate of drug-likeness (QED) is 0.586. The highest BCUT2D eigenvalue weighted by Crippen LogP contribution is 2.20. The van der Waals surface area contributed by atoms with Gasteiger partial charge in [0.25, 0.3) is 0 Å². The van der Waals surface area contributed by atoms with Crippen LogP contribution in [0.2, 0.25) is 0 Å². The van der Waals surface area contributed by atoms with Gasteiger partial charge in [-0.3, -0.25) is 0 Å². The molecular weight excluding hydrogens is 153 g/mol. The first-order chi connectivity index (χ1) is 5.47. The Morgan fingerprint density at radius 3 is 2.58 bits per heavy atom. The van der Waals surface area contributed by atoms with Crippen molar-refractivity contribution in [3.63, 3.8) is 0 Å². The highest BCUT2D eigenvalue weighted by molar-refractivity contribution is 5.12. The van der Waals surface area contributed by atoms with Gasteiger partial charge in [-0.1, -0.05) is 20.8 Å². The Labute approximate surface area is 72.6 Å². The Hall–Kier alpha value is -0.920. The standard InChI is InChI=1S/C10H14FN/c1-10(2,3)7-8-4-5-12-9(11)6-8/h4-6H,7H2,1-3H3. The first-order valence-corrected chi connectivity index (χ1v) is 4.08. The van der Waals surface area contributed by atoms with E-state index in [1.807, 2.05) is 6.07 Å². The second-order valence-electron chi connectivity index (χ2n) is 4.22. The van der Waals surface area contributed by atoms with E-state index in [9.17, 15) is 4.39 Å². The summed E-state index contributed by atoms with van der Waals surface area (Å²) in [5.74, 6) is -0.392. The van der Waals surface area contributed by atoms with Gasteiger partial charge in [0.05, 0.1) is 0 Å². The minimum absolute atomic E-state index is 0.202. The van der Waals surface area contributed by atoms with Crippen molar-refractivity contribution in [2.24, 2.45) is 5.41 Å². The Balaban J connectivity index is 2.77. The Morgan fingerprint density at radius 2 is 2.08 bits per heavy atom. The van der Waals surface area contributed by atoms with Crippen molar-refractivity contribution in [2.75, 3.05) is 0 Å². The van der Waals surface area contributed by atoms with E-state index in [4.69, 9.17) is 0 Å². The maximum atomic E-state index is 12.6. The molecule has 1 aromatic heterocycles. The zero-order valence-electron chi connectivity index (χ0n) is 7.76. The third-order valence-electron chi connectivity index (χ3n) is 1.53. The van der Waals surface area contributed by atoms with E-state index in [1.54, 1.807) is 0 Å². The van der Waals surface area contributed by atoms with Crippen molar-refractivity contribution >= 4 is 0 Å². The van der Waals surface area contributed by atoms with Gasteiger partial charge in [-0.05, 0) is 29.5 Å². The molecule has 0 aliphatic carbocycles. The van der Waals surface area contributed by atoms with Crippen molar-refractivity contribution in [3.05, 3.63) is 29.8 Å². The normalized spacial score (nSPS) is 11.7. The van der Waals surface area contributed by atoms with Crippen LogP contribution in [0.3, 0.4) is 0 Å². The minimum atomic E-state index is -0.392. The highest BCUT2D eigenvalue weighted by Gasteiger charge is 2.11. The molecule has 1 rings (SSSR count). The maximum absolute atomic E-state index is 12.6. The molecule has 0 aliphatic rings. The lowest BCUT2D eigenvalue weighted by molar-refractivity contribution is 0.409. The van der Waals surface area contributed by atoms with E-state index in [0.717, 1.165) is 12.0 Å². The Kier molecular flexibility index (Phi) is 2.46. The zero-order valence-corrected chi connectivity index (χ0v) is 7.76. The topological polar surface area (TPSA) is 12.9 Å². The summed E-state index contributed by atoms with van der Waals surface area (Å²) in [4.78, 5) is 3.50. The zero-order chi connectivity index (χ0) is 9.19. The van der Waals surface area contributed by atoms with Crippen molar-refractivity contribution < 1.29 is 4.39 Å². The summed E-state index contributed by atoms with van der Waals surface area (Å²) in [5, 5.41) is 0. The van der Waals surface area contributed by atoms with E-state index in [-0.39, 0.29) is 5.41 Å². The fourth-order valence-electron chi connectivity index (χ4n) is 1.16. The lowest BCUT2D eigenvalue weighted by Gasteiger charge is -2.17. The second-order valence-corrected chi connectivity index (χ2v) is 4.22. The van der Waals surface area contributed by atoms with Crippen LogP contribution in [-0.4, -0.2) is 4.98 Å². The van der Waals surface area contributed by atoms with Gasteiger partial charge in [0, 0.05) is 6.20 Å². The van der Waals surface area contributed by atoms with Gasteiger partial charge in [0.1, 0.15) is 0 Å². The van der Waals surface area contributed by atoms with Gasteiger partial charge < -0.3 is 0 Å². The van der Waals surface area contributed by atoms with Crippen LogP contribution < -0.4 is 0 Å². The van der Waals surface area contributed by atoms with Gasteiger partial charge in [-0.2, -0.15) is 4.39 Å². The van der Waals surface area contributed by atoms with Gasteiger partial charge >= 0.3 is 0 Å². The molecule has 2 heteroatoms. The summed E-state index contributed by atoms with van der Waals surface area (Å²) in [5.41, 5.74) is 1.21. The predicted molar refractivity (Wildman–Crippen MR) is 47.4 cm³/mol. The average Bonchev–Trinajstić information content (AvgIpc) is 1.82. The molecule has 0 unspecified atom stereocenters. The molecular formula is C10H14FN. The fourth-order valence-corrected chi connectivity index (χ4v) is 1.16. The third-order valence-corrected chi connectivity index (χ3v) is 1.53. The van der Waals surface area contributed by atoms with Crippen molar-refractivity contribution in [3.8, 4) is 0 Å². The molecule has 1 nitrogen and oxygen atoms in total. The smallest absolute Gasteiger partial charge is 0.213 e. The van der Waals surface area contributed by atoms with E-state index < -0.39 is 5.95 Å². The summed E-state index contributed by atoms with van der Waals surface area (Å²) in [6.45, 7) is 6.39. The van der Waals surface area contributed by atoms with Crippen LogP contribution in [0.4, 0.5) is 4.39 Å². The van der Waals surface area contributed by atoms with Crippen LogP contribution in [0.1, 0.15) is 26.3 Å². The molecule has 0 atom stereocenters. The van der Waals surface area contributed by atoms with Crippen molar-refractivity contribution in [1.82, 2.24) is 4.98 Å². The predicted octanol–water partition coefficient (Wildman–Crippen LogP) is 2.81. The second kappa shape index (κ2) is 3.21. The third kappa shape index (κ3) is 2.99. The Morgan fingerprint density at radius 1 is 1.42 bits per heavy atom. The van der Waals surface area contributed by atoms with Crippen LogP contribution >= 0.6 is 0 Å². The van der Waals surface area contributed by atoms with Crippen LogP contribution in [0, 0.1) is 11.4 Å².